The molecule has 0 aliphatic heterocycles. The van der Waals surface area contributed by atoms with Crippen molar-refractivity contribution in [2.75, 3.05) is 19.1 Å². The smallest absolute Gasteiger partial charge is 0.279 e. The van der Waals surface area contributed by atoms with Crippen molar-refractivity contribution < 1.29 is 19.1 Å². The molecule has 4 aromatic rings. The second-order valence-corrected chi connectivity index (χ2v) is 8.41. The predicted molar refractivity (Wildman–Crippen MR) is 134 cm³/mol. The molecule has 0 aliphatic rings. The van der Waals surface area contributed by atoms with Gasteiger partial charge in [0, 0.05) is 35.6 Å². The Morgan fingerprint density at radius 1 is 1.00 bits per heavy atom. The first-order valence-electron chi connectivity index (χ1n) is 10.8. The molecule has 178 valence electrons. The van der Waals surface area contributed by atoms with Crippen LogP contribution in [0.4, 0.5) is 5.69 Å². The Bertz CT molecular complexity index is 1270. The fourth-order valence-electron chi connectivity index (χ4n) is 3.59. The molecule has 2 aromatic carbocycles. The first-order chi connectivity index (χ1) is 17.1. The number of benzene rings is 2. The van der Waals surface area contributed by atoms with E-state index in [0.29, 0.717) is 28.6 Å². The lowest BCUT2D eigenvalue weighted by Crippen LogP contribution is -2.44. The fourth-order valence-corrected chi connectivity index (χ4v) is 4.41. The van der Waals surface area contributed by atoms with Crippen LogP contribution in [0.3, 0.4) is 0 Å². The molecule has 1 N–H and O–H groups in total. The van der Waals surface area contributed by atoms with Gasteiger partial charge in [-0.1, -0.05) is 36.4 Å². The third kappa shape index (κ3) is 5.47. The van der Waals surface area contributed by atoms with Crippen molar-refractivity contribution >= 4 is 28.8 Å². The summed E-state index contributed by atoms with van der Waals surface area (Å²) in [5, 5.41) is 4.84. The summed E-state index contributed by atoms with van der Waals surface area (Å²) in [6.45, 7) is 0.320. The van der Waals surface area contributed by atoms with Crippen LogP contribution in [0.25, 0.3) is 0 Å². The molecule has 0 spiro atoms. The average Bonchev–Trinajstić information content (AvgIpc) is 3.45. The predicted octanol–water partition coefficient (Wildman–Crippen LogP) is 4.26. The van der Waals surface area contributed by atoms with E-state index in [4.69, 9.17) is 9.47 Å². The molecule has 8 nitrogen and oxygen atoms in total. The minimum Gasteiger partial charge on any atom is -0.493 e. The minimum absolute atomic E-state index is 0.111. The van der Waals surface area contributed by atoms with Crippen LogP contribution < -0.4 is 19.7 Å². The first-order valence-corrected chi connectivity index (χ1v) is 11.7. The number of thiophene rings is 1. The highest BCUT2D eigenvalue weighted by molar-refractivity contribution is 7.10. The molecular weight excluding hydrogens is 464 g/mol. The van der Waals surface area contributed by atoms with Crippen molar-refractivity contribution in [1.29, 1.82) is 0 Å². The van der Waals surface area contributed by atoms with Crippen LogP contribution in [0.1, 0.15) is 27.0 Å². The van der Waals surface area contributed by atoms with Gasteiger partial charge in [-0.25, -0.2) is 4.98 Å². The number of anilines is 1. The molecule has 1 atom stereocenters. The fraction of sp³-hybridized carbons (Fsp3) is 0.154. The van der Waals surface area contributed by atoms with Gasteiger partial charge in [-0.2, -0.15) is 0 Å². The monoisotopic (exact) mass is 488 g/mol. The van der Waals surface area contributed by atoms with Crippen molar-refractivity contribution in [3.8, 4) is 11.5 Å². The van der Waals surface area contributed by atoms with E-state index in [9.17, 15) is 9.59 Å². The van der Waals surface area contributed by atoms with Crippen molar-refractivity contribution in [1.82, 2.24) is 15.3 Å². The van der Waals surface area contributed by atoms with Crippen LogP contribution in [0.15, 0.2) is 84.6 Å². The molecule has 1 unspecified atom stereocenters. The summed E-state index contributed by atoms with van der Waals surface area (Å²) in [5.74, 6) is 0.128. The molecule has 0 aliphatic carbocycles. The topological polar surface area (TPSA) is 93.7 Å². The molecule has 2 heterocycles. The van der Waals surface area contributed by atoms with Crippen molar-refractivity contribution in [3.63, 3.8) is 0 Å². The lowest BCUT2D eigenvalue weighted by molar-refractivity contribution is -0.122. The number of rotatable bonds is 9. The van der Waals surface area contributed by atoms with E-state index in [0.717, 1.165) is 5.56 Å². The third-order valence-corrected chi connectivity index (χ3v) is 6.20. The third-order valence-electron chi connectivity index (χ3n) is 5.28. The molecule has 2 aromatic heterocycles. The number of nitrogens with one attached hydrogen (secondary N) is 1. The number of carbonyl (C=O) groups is 2. The summed E-state index contributed by atoms with van der Waals surface area (Å²) >= 11 is 1.39. The summed E-state index contributed by atoms with van der Waals surface area (Å²) in [5.41, 5.74) is 1.51. The Hall–Kier alpha value is -4.24. The van der Waals surface area contributed by atoms with E-state index >= 15 is 0 Å². The zero-order chi connectivity index (χ0) is 24.6. The van der Waals surface area contributed by atoms with Crippen LogP contribution >= 0.6 is 11.3 Å². The Labute approximate surface area is 207 Å². The highest BCUT2D eigenvalue weighted by atomic mass is 32.1. The number of nitrogens with zero attached hydrogens (tertiary/aromatic N) is 3. The Balaban J connectivity index is 1.78. The highest BCUT2D eigenvalue weighted by Crippen LogP contribution is 2.37. The van der Waals surface area contributed by atoms with Gasteiger partial charge in [-0.15, -0.1) is 11.3 Å². The summed E-state index contributed by atoms with van der Waals surface area (Å²) < 4.78 is 10.8. The Morgan fingerprint density at radius 2 is 1.80 bits per heavy atom. The largest absolute Gasteiger partial charge is 0.493 e. The summed E-state index contributed by atoms with van der Waals surface area (Å²) in [4.78, 5) is 37.8. The van der Waals surface area contributed by atoms with E-state index in [1.165, 1.54) is 49.0 Å². The van der Waals surface area contributed by atoms with Crippen LogP contribution in [0, 0.1) is 0 Å². The molecule has 0 saturated carbocycles. The number of amides is 2. The maximum atomic E-state index is 13.8. The number of ether oxygens (including phenoxy) is 2. The SMILES string of the molecule is COc1ccc(N(C(=O)c2cnccn2)C(C(=O)NCc2ccccc2)c2cccs2)cc1OC. The number of hydrogen-bond donors (Lipinski definition) is 1. The number of methoxy groups -OCH3 is 2. The minimum atomic E-state index is -0.952. The van der Waals surface area contributed by atoms with Gasteiger partial charge in [0.05, 0.1) is 20.4 Å². The molecule has 2 amide bonds. The van der Waals surface area contributed by atoms with Gasteiger partial charge < -0.3 is 14.8 Å². The van der Waals surface area contributed by atoms with Crippen LogP contribution in [-0.2, 0) is 11.3 Å². The van der Waals surface area contributed by atoms with Crippen molar-refractivity contribution in [2.24, 2.45) is 0 Å². The van der Waals surface area contributed by atoms with E-state index < -0.39 is 11.9 Å². The molecule has 0 saturated heterocycles. The lowest BCUT2D eigenvalue weighted by Gasteiger charge is -2.30. The van der Waals surface area contributed by atoms with Gasteiger partial charge >= 0.3 is 0 Å². The number of aromatic nitrogens is 2. The van der Waals surface area contributed by atoms with E-state index in [-0.39, 0.29) is 11.6 Å². The van der Waals surface area contributed by atoms with E-state index in [1.54, 1.807) is 18.2 Å². The van der Waals surface area contributed by atoms with E-state index in [2.05, 4.69) is 15.3 Å². The zero-order valence-corrected chi connectivity index (χ0v) is 20.1. The molecular formula is C26H24N4O4S. The van der Waals surface area contributed by atoms with Crippen LogP contribution in [-0.4, -0.2) is 36.0 Å². The van der Waals surface area contributed by atoms with Gasteiger partial charge in [0.25, 0.3) is 5.91 Å². The summed E-state index contributed by atoms with van der Waals surface area (Å²) in [6.07, 6.45) is 4.31. The zero-order valence-electron chi connectivity index (χ0n) is 19.3. The lowest BCUT2D eigenvalue weighted by atomic mass is 10.1. The Morgan fingerprint density at radius 3 is 2.46 bits per heavy atom. The van der Waals surface area contributed by atoms with Crippen molar-refractivity contribution in [2.45, 2.75) is 12.6 Å². The van der Waals surface area contributed by atoms with Gasteiger partial charge in [0.1, 0.15) is 5.69 Å². The molecule has 0 radical (unpaired) electrons. The van der Waals surface area contributed by atoms with Gasteiger partial charge in [0.2, 0.25) is 5.91 Å². The van der Waals surface area contributed by atoms with Crippen LogP contribution in [0.2, 0.25) is 0 Å². The number of hydrogen-bond acceptors (Lipinski definition) is 7. The second kappa shape index (κ2) is 11.3. The maximum absolute atomic E-state index is 13.8. The summed E-state index contributed by atoms with van der Waals surface area (Å²) in [6, 6.07) is 17.4. The standard InChI is InChI=1S/C26H24N4O4S/c1-33-21-11-10-19(15-22(21)34-2)30(26(32)20-17-27-12-13-28-20)24(23-9-6-14-35-23)25(31)29-16-18-7-4-3-5-8-18/h3-15,17,24H,16H2,1-2H3,(H,29,31). The maximum Gasteiger partial charge on any atom is 0.279 e. The number of carbonyl (C=O) groups excluding carboxylic acids is 2. The average molecular weight is 489 g/mol. The first kappa shape index (κ1) is 23.9. The Kier molecular flexibility index (Phi) is 7.69. The van der Waals surface area contributed by atoms with E-state index in [1.807, 2.05) is 47.8 Å². The molecule has 9 heteroatoms. The quantitative estimate of drug-likeness (QED) is 0.378. The van der Waals surface area contributed by atoms with Gasteiger partial charge in [-0.05, 0) is 29.1 Å². The molecule has 0 bridgehead atoms. The second-order valence-electron chi connectivity index (χ2n) is 7.43. The molecule has 4 rings (SSSR count). The normalized spacial score (nSPS) is 11.4. The van der Waals surface area contributed by atoms with Gasteiger partial charge in [0.15, 0.2) is 17.5 Å². The van der Waals surface area contributed by atoms with Gasteiger partial charge in [-0.3, -0.25) is 19.5 Å². The highest BCUT2D eigenvalue weighted by Gasteiger charge is 2.35. The molecule has 35 heavy (non-hydrogen) atoms. The van der Waals surface area contributed by atoms with Crippen molar-refractivity contribution in [3.05, 3.63) is 101 Å². The summed E-state index contributed by atoms with van der Waals surface area (Å²) in [7, 11) is 3.05. The molecule has 0 fully saturated rings. The van der Waals surface area contributed by atoms with Crippen LogP contribution in [0.5, 0.6) is 11.5 Å².